The Kier molecular flexibility index (Phi) is 5.57. The maximum Gasteiger partial charge on any atom is 0.194 e. The molecule has 1 fully saturated rings. The van der Waals surface area contributed by atoms with Gasteiger partial charge in [0.15, 0.2) is 11.8 Å². The lowest BCUT2D eigenvalue weighted by Crippen LogP contribution is -2.50. The summed E-state index contributed by atoms with van der Waals surface area (Å²) < 4.78 is 21.6. The van der Waals surface area contributed by atoms with E-state index in [1.165, 1.54) is 25.0 Å². The maximum absolute atomic E-state index is 13.3. The van der Waals surface area contributed by atoms with Gasteiger partial charge in [0.1, 0.15) is 17.7 Å². The van der Waals surface area contributed by atoms with Crippen molar-refractivity contribution in [3.05, 3.63) is 47.3 Å². The number of nitrogens with one attached hydrogen (secondary N) is 1. The van der Waals surface area contributed by atoms with Gasteiger partial charge in [-0.1, -0.05) is 12.1 Å². The van der Waals surface area contributed by atoms with Crippen LogP contribution in [0.25, 0.3) is 0 Å². The standard InChI is InChI=1S/C20H27FN6O/c1-14-12-26(13-17(28-14)15-6-8-16(21)9-7-15)20(22-2)23-11-19-25-24-18-5-3-4-10-27(18)19/h6-9,14,17H,3-5,10-13H2,1-2H3,(H,22,23). The molecular formula is C20H27FN6O. The lowest BCUT2D eigenvalue weighted by molar-refractivity contribution is -0.0605. The van der Waals surface area contributed by atoms with Crippen molar-refractivity contribution in [1.29, 1.82) is 0 Å². The van der Waals surface area contributed by atoms with Gasteiger partial charge < -0.3 is 19.5 Å². The molecule has 2 aliphatic heterocycles. The van der Waals surface area contributed by atoms with Crippen LogP contribution in [0.2, 0.25) is 0 Å². The molecule has 4 rings (SSSR count). The Balaban J connectivity index is 1.43. The Morgan fingerprint density at radius 1 is 1.25 bits per heavy atom. The average molecular weight is 386 g/mol. The second-order valence-corrected chi connectivity index (χ2v) is 7.43. The Morgan fingerprint density at radius 3 is 2.86 bits per heavy atom. The van der Waals surface area contributed by atoms with Crippen LogP contribution in [0, 0.1) is 5.82 Å². The zero-order valence-corrected chi connectivity index (χ0v) is 16.4. The molecule has 1 N–H and O–H groups in total. The summed E-state index contributed by atoms with van der Waals surface area (Å²) in [5, 5.41) is 12.1. The summed E-state index contributed by atoms with van der Waals surface area (Å²) in [4.78, 5) is 6.65. The monoisotopic (exact) mass is 386 g/mol. The molecule has 0 radical (unpaired) electrons. The minimum atomic E-state index is -0.237. The molecule has 0 aliphatic carbocycles. The molecule has 1 aromatic carbocycles. The molecule has 7 nitrogen and oxygen atoms in total. The topological polar surface area (TPSA) is 67.6 Å². The summed E-state index contributed by atoms with van der Waals surface area (Å²) >= 11 is 0. The van der Waals surface area contributed by atoms with Crippen LogP contribution < -0.4 is 5.32 Å². The van der Waals surface area contributed by atoms with Crippen LogP contribution in [0.15, 0.2) is 29.3 Å². The fourth-order valence-electron chi connectivity index (χ4n) is 3.98. The van der Waals surface area contributed by atoms with Gasteiger partial charge in [0.05, 0.1) is 19.2 Å². The predicted octanol–water partition coefficient (Wildman–Crippen LogP) is 2.29. The number of rotatable bonds is 3. The van der Waals surface area contributed by atoms with E-state index in [0.717, 1.165) is 42.7 Å². The minimum absolute atomic E-state index is 0.0446. The third kappa shape index (κ3) is 4.01. The van der Waals surface area contributed by atoms with Crippen LogP contribution in [0.4, 0.5) is 4.39 Å². The van der Waals surface area contributed by atoms with Gasteiger partial charge in [0, 0.05) is 26.6 Å². The van der Waals surface area contributed by atoms with Crippen molar-refractivity contribution >= 4 is 5.96 Å². The first-order valence-electron chi connectivity index (χ1n) is 9.91. The lowest BCUT2D eigenvalue weighted by atomic mass is 10.1. The molecule has 0 bridgehead atoms. The summed E-state index contributed by atoms with van der Waals surface area (Å²) in [6.45, 7) is 5.03. The SMILES string of the molecule is CN=C(NCc1nnc2n1CCCC2)N1CC(C)OC(c2ccc(F)cc2)C1. The van der Waals surface area contributed by atoms with Gasteiger partial charge in [-0.2, -0.15) is 0 Å². The van der Waals surface area contributed by atoms with E-state index in [2.05, 4.69) is 30.0 Å². The fraction of sp³-hybridized carbons (Fsp3) is 0.550. The zero-order chi connectivity index (χ0) is 19.5. The maximum atomic E-state index is 13.3. The van der Waals surface area contributed by atoms with Gasteiger partial charge in [-0.3, -0.25) is 4.99 Å². The Morgan fingerprint density at radius 2 is 2.07 bits per heavy atom. The molecule has 1 aromatic heterocycles. The average Bonchev–Trinajstić information content (AvgIpc) is 3.12. The normalized spacial score (nSPS) is 22.8. The predicted molar refractivity (Wildman–Crippen MR) is 104 cm³/mol. The number of aromatic nitrogens is 3. The van der Waals surface area contributed by atoms with Gasteiger partial charge in [-0.05, 0) is 37.5 Å². The number of fused-ring (bicyclic) bond motifs is 1. The molecule has 8 heteroatoms. The number of nitrogens with zero attached hydrogens (tertiary/aromatic N) is 5. The summed E-state index contributed by atoms with van der Waals surface area (Å²) in [6, 6.07) is 6.53. The van der Waals surface area contributed by atoms with Crippen molar-refractivity contribution in [3.63, 3.8) is 0 Å². The molecule has 1 saturated heterocycles. The van der Waals surface area contributed by atoms with Gasteiger partial charge >= 0.3 is 0 Å². The highest BCUT2D eigenvalue weighted by atomic mass is 19.1. The zero-order valence-electron chi connectivity index (χ0n) is 16.4. The van der Waals surface area contributed by atoms with E-state index >= 15 is 0 Å². The molecule has 3 heterocycles. The first-order valence-corrected chi connectivity index (χ1v) is 9.91. The summed E-state index contributed by atoms with van der Waals surface area (Å²) in [5.74, 6) is 2.61. The second-order valence-electron chi connectivity index (χ2n) is 7.43. The minimum Gasteiger partial charge on any atom is -0.367 e. The Hall–Kier alpha value is -2.48. The number of ether oxygens (including phenoxy) is 1. The Labute approximate surface area is 164 Å². The van der Waals surface area contributed by atoms with Gasteiger partial charge in [-0.15, -0.1) is 10.2 Å². The molecule has 2 atom stereocenters. The lowest BCUT2D eigenvalue weighted by Gasteiger charge is -2.38. The highest BCUT2D eigenvalue weighted by Crippen LogP contribution is 2.25. The van der Waals surface area contributed by atoms with Gasteiger partial charge in [0.2, 0.25) is 0 Å². The first-order chi connectivity index (χ1) is 13.6. The molecule has 150 valence electrons. The highest BCUT2D eigenvalue weighted by Gasteiger charge is 2.28. The molecule has 2 unspecified atom stereocenters. The highest BCUT2D eigenvalue weighted by molar-refractivity contribution is 5.80. The number of hydrogen-bond acceptors (Lipinski definition) is 4. The van der Waals surface area contributed by atoms with E-state index in [-0.39, 0.29) is 18.0 Å². The van der Waals surface area contributed by atoms with Crippen LogP contribution >= 0.6 is 0 Å². The third-order valence-corrected chi connectivity index (χ3v) is 5.35. The third-order valence-electron chi connectivity index (χ3n) is 5.35. The molecular weight excluding hydrogens is 359 g/mol. The largest absolute Gasteiger partial charge is 0.367 e. The number of guanidine groups is 1. The van der Waals surface area contributed by atoms with Crippen LogP contribution in [-0.2, 0) is 24.2 Å². The van der Waals surface area contributed by atoms with E-state index in [1.807, 2.05) is 6.92 Å². The summed E-state index contributed by atoms with van der Waals surface area (Å²) in [5.41, 5.74) is 0.972. The molecule has 2 aromatic rings. The number of halogens is 1. The summed E-state index contributed by atoms with van der Waals surface area (Å²) in [6.07, 6.45) is 3.28. The van der Waals surface area contributed by atoms with E-state index in [9.17, 15) is 4.39 Å². The number of aryl methyl sites for hydroxylation is 1. The van der Waals surface area contributed by atoms with Crippen molar-refractivity contribution in [2.24, 2.45) is 4.99 Å². The van der Waals surface area contributed by atoms with Crippen molar-refractivity contribution in [1.82, 2.24) is 25.0 Å². The van der Waals surface area contributed by atoms with Gasteiger partial charge in [0.25, 0.3) is 0 Å². The van der Waals surface area contributed by atoms with E-state index in [0.29, 0.717) is 13.1 Å². The van der Waals surface area contributed by atoms with Crippen LogP contribution in [0.5, 0.6) is 0 Å². The molecule has 0 amide bonds. The Bertz CT molecular complexity index is 834. The van der Waals surface area contributed by atoms with Crippen molar-refractivity contribution < 1.29 is 9.13 Å². The van der Waals surface area contributed by atoms with E-state index in [1.54, 1.807) is 19.2 Å². The quantitative estimate of drug-likeness (QED) is 0.648. The first kappa shape index (κ1) is 18.9. The van der Waals surface area contributed by atoms with Crippen LogP contribution in [0.3, 0.4) is 0 Å². The molecule has 0 saturated carbocycles. The number of aliphatic imine (C=N–C) groups is 1. The van der Waals surface area contributed by atoms with E-state index < -0.39 is 0 Å². The van der Waals surface area contributed by atoms with Crippen LogP contribution in [-0.4, -0.2) is 51.9 Å². The molecule has 0 spiro atoms. The van der Waals surface area contributed by atoms with Crippen LogP contribution in [0.1, 0.15) is 43.1 Å². The van der Waals surface area contributed by atoms with Crippen molar-refractivity contribution in [2.45, 2.75) is 51.5 Å². The summed E-state index contributed by atoms with van der Waals surface area (Å²) in [7, 11) is 1.79. The number of hydrogen-bond donors (Lipinski definition) is 1. The fourth-order valence-corrected chi connectivity index (χ4v) is 3.98. The van der Waals surface area contributed by atoms with Crippen molar-refractivity contribution in [2.75, 3.05) is 20.1 Å². The van der Waals surface area contributed by atoms with Gasteiger partial charge in [-0.25, -0.2) is 4.39 Å². The number of morpholine rings is 1. The smallest absolute Gasteiger partial charge is 0.194 e. The van der Waals surface area contributed by atoms with Crippen molar-refractivity contribution in [3.8, 4) is 0 Å². The second kappa shape index (κ2) is 8.26. The van der Waals surface area contributed by atoms with E-state index in [4.69, 9.17) is 4.74 Å². The number of benzene rings is 1. The molecule has 28 heavy (non-hydrogen) atoms. The molecule has 2 aliphatic rings.